The highest BCUT2D eigenvalue weighted by molar-refractivity contribution is 5.89. The molecule has 42 heavy (non-hydrogen) atoms. The number of benzene rings is 4. The Bertz CT molecular complexity index is 1540. The molecule has 0 spiro atoms. The van der Waals surface area contributed by atoms with Crippen LogP contribution in [0.15, 0.2) is 121 Å². The summed E-state index contributed by atoms with van der Waals surface area (Å²) in [6, 6.07) is 29.3. The van der Waals surface area contributed by atoms with Crippen molar-refractivity contribution in [2.24, 2.45) is 0 Å². The maximum atomic E-state index is 11.6. The molecule has 1 atom stereocenters. The quantitative estimate of drug-likeness (QED) is 0.102. The minimum atomic E-state index is -0.469. The molecule has 1 unspecified atom stereocenters. The Morgan fingerprint density at radius 2 is 1.07 bits per heavy atom. The molecule has 0 heterocycles. The van der Waals surface area contributed by atoms with Crippen LogP contribution in [0.2, 0.25) is 0 Å². The fourth-order valence-corrected chi connectivity index (χ4v) is 4.16. The Balaban J connectivity index is 0.000000262. The van der Waals surface area contributed by atoms with E-state index in [1.165, 1.54) is 35.4 Å². The second kappa shape index (κ2) is 13.5. The normalized spacial score (nSPS) is 12.1. The summed E-state index contributed by atoms with van der Waals surface area (Å²) in [5, 5.41) is 8.94. The minimum Gasteiger partial charge on any atom is -0.508 e. The maximum absolute atomic E-state index is 11.6. The topological polar surface area (TPSA) is 91.3 Å². The number of ether oxygens (including phenoxy) is 4. The van der Waals surface area contributed by atoms with Gasteiger partial charge >= 0.3 is 11.9 Å². The van der Waals surface area contributed by atoms with Crippen molar-refractivity contribution in [2.45, 2.75) is 33.2 Å². The lowest BCUT2D eigenvalue weighted by atomic mass is 10.1. The van der Waals surface area contributed by atoms with Crippen LogP contribution in [0.5, 0.6) is 23.0 Å². The van der Waals surface area contributed by atoms with Crippen molar-refractivity contribution in [3.63, 3.8) is 0 Å². The van der Waals surface area contributed by atoms with Crippen LogP contribution in [0.3, 0.4) is 0 Å². The van der Waals surface area contributed by atoms with Crippen LogP contribution in [0.4, 0.5) is 0 Å². The van der Waals surface area contributed by atoms with E-state index in [4.69, 9.17) is 24.1 Å². The summed E-state index contributed by atoms with van der Waals surface area (Å²) in [6.45, 7) is 12.1. The van der Waals surface area contributed by atoms with Crippen LogP contribution >= 0.6 is 0 Å². The highest BCUT2D eigenvalue weighted by atomic mass is 16.7. The molecular formula is C35H32O7. The Kier molecular flexibility index (Phi) is 9.57. The van der Waals surface area contributed by atoms with Crippen LogP contribution in [0, 0.1) is 0 Å². The van der Waals surface area contributed by atoms with Gasteiger partial charge in [0.15, 0.2) is 6.29 Å². The molecular weight excluding hydrogens is 532 g/mol. The Labute approximate surface area is 245 Å². The fourth-order valence-electron chi connectivity index (χ4n) is 4.16. The third-order valence-electron chi connectivity index (χ3n) is 6.18. The molecule has 5 rings (SSSR count). The van der Waals surface area contributed by atoms with Crippen molar-refractivity contribution < 1.29 is 33.6 Å². The second-order valence-electron chi connectivity index (χ2n) is 9.68. The number of hydrogen-bond acceptors (Lipinski definition) is 7. The molecule has 4 aromatic carbocycles. The van der Waals surface area contributed by atoms with Crippen LogP contribution in [0.25, 0.3) is 11.1 Å². The molecule has 0 amide bonds. The predicted molar refractivity (Wildman–Crippen MR) is 160 cm³/mol. The molecule has 1 aliphatic rings. The van der Waals surface area contributed by atoms with Gasteiger partial charge in [0.1, 0.15) is 29.1 Å². The summed E-state index contributed by atoms with van der Waals surface area (Å²) in [4.78, 5) is 22.6. The number of fused-ring (bicyclic) bond motifs is 3. The van der Waals surface area contributed by atoms with Gasteiger partial charge in [0, 0.05) is 11.1 Å². The van der Waals surface area contributed by atoms with Gasteiger partial charge in [-0.3, -0.25) is 0 Å². The molecule has 1 aliphatic carbocycles. The molecule has 4 aromatic rings. The number of aromatic hydroxyl groups is 1. The molecule has 0 fully saturated rings. The number of rotatable bonds is 8. The molecule has 0 saturated heterocycles. The van der Waals surface area contributed by atoms with E-state index in [1.807, 2.05) is 31.2 Å². The first kappa shape index (κ1) is 29.8. The predicted octanol–water partition coefficient (Wildman–Crippen LogP) is 7.55. The second-order valence-corrected chi connectivity index (χ2v) is 9.68. The van der Waals surface area contributed by atoms with Gasteiger partial charge in [-0.1, -0.05) is 61.7 Å². The Morgan fingerprint density at radius 1 is 0.667 bits per heavy atom. The molecule has 0 aliphatic heterocycles. The van der Waals surface area contributed by atoms with Crippen molar-refractivity contribution >= 4 is 11.9 Å². The van der Waals surface area contributed by atoms with Crippen molar-refractivity contribution in [3.8, 4) is 34.1 Å². The third-order valence-corrected chi connectivity index (χ3v) is 6.18. The zero-order chi connectivity index (χ0) is 30.2. The van der Waals surface area contributed by atoms with Crippen LogP contribution in [-0.2, 0) is 14.3 Å². The molecule has 214 valence electrons. The average molecular weight is 565 g/mol. The van der Waals surface area contributed by atoms with Gasteiger partial charge in [-0.05, 0) is 91.6 Å². The van der Waals surface area contributed by atoms with Gasteiger partial charge in [-0.15, -0.1) is 0 Å². The highest BCUT2D eigenvalue weighted by Gasteiger charge is 2.30. The van der Waals surface area contributed by atoms with E-state index in [9.17, 15) is 9.59 Å². The van der Waals surface area contributed by atoms with Crippen molar-refractivity contribution in [2.75, 3.05) is 0 Å². The smallest absolute Gasteiger partial charge is 0.338 e. The summed E-state index contributed by atoms with van der Waals surface area (Å²) in [7, 11) is 0. The van der Waals surface area contributed by atoms with E-state index in [0.717, 1.165) is 11.1 Å². The first-order valence-electron chi connectivity index (χ1n) is 13.3. The molecule has 7 heteroatoms. The van der Waals surface area contributed by atoms with Crippen molar-refractivity contribution in [1.29, 1.82) is 0 Å². The summed E-state index contributed by atoms with van der Waals surface area (Å²) in [5.41, 5.74) is 5.38. The first-order valence-corrected chi connectivity index (χ1v) is 13.3. The van der Waals surface area contributed by atoms with Gasteiger partial charge in [0.25, 0.3) is 0 Å². The summed E-state index contributed by atoms with van der Waals surface area (Å²) in [5.74, 6) is 0.685. The summed E-state index contributed by atoms with van der Waals surface area (Å²) in [6.07, 6.45) is -0.642. The first-order chi connectivity index (χ1) is 20.1. The zero-order valence-corrected chi connectivity index (χ0v) is 23.7. The van der Waals surface area contributed by atoms with E-state index in [0.29, 0.717) is 28.4 Å². The molecule has 1 N–H and O–H groups in total. The number of carbonyl (C=O) groups is 2. The van der Waals surface area contributed by atoms with Gasteiger partial charge in [0.2, 0.25) is 0 Å². The number of esters is 2. The molecule has 0 radical (unpaired) electrons. The van der Waals surface area contributed by atoms with Crippen molar-refractivity contribution in [1.82, 2.24) is 0 Å². The lowest BCUT2D eigenvalue weighted by Gasteiger charge is -2.21. The van der Waals surface area contributed by atoms with E-state index >= 15 is 0 Å². The number of phenols is 1. The van der Waals surface area contributed by atoms with Crippen LogP contribution in [-0.4, -0.2) is 23.3 Å². The van der Waals surface area contributed by atoms with E-state index in [-0.39, 0.29) is 11.9 Å². The molecule has 7 nitrogen and oxygen atoms in total. The zero-order valence-electron chi connectivity index (χ0n) is 23.7. The van der Waals surface area contributed by atoms with Crippen LogP contribution < -0.4 is 14.2 Å². The maximum Gasteiger partial charge on any atom is 0.338 e. The largest absolute Gasteiger partial charge is 0.508 e. The SMILES string of the molecule is C=C(C)C(=O)Oc1ccc(O)cc1.C=C(C)C(=O)Oc1ccc(OC(C)OC2c3ccccc3-c3ccccc32)cc1. The number of phenolic OH excluding ortho intramolecular Hbond substituents is 1. The summed E-state index contributed by atoms with van der Waals surface area (Å²) >= 11 is 0. The molecule has 0 aromatic heterocycles. The minimum absolute atomic E-state index is 0.134. The Morgan fingerprint density at radius 3 is 1.52 bits per heavy atom. The average Bonchev–Trinajstić information content (AvgIpc) is 3.29. The number of hydrogen-bond donors (Lipinski definition) is 1. The highest BCUT2D eigenvalue weighted by Crippen LogP contribution is 2.45. The fraction of sp³-hybridized carbons (Fsp3) is 0.143. The van der Waals surface area contributed by atoms with Gasteiger partial charge < -0.3 is 24.1 Å². The third kappa shape index (κ3) is 7.53. The monoisotopic (exact) mass is 564 g/mol. The van der Waals surface area contributed by atoms with Gasteiger partial charge in [0.05, 0.1) is 0 Å². The van der Waals surface area contributed by atoms with Crippen LogP contribution in [0.1, 0.15) is 38.0 Å². The number of carbonyl (C=O) groups excluding carboxylic acids is 2. The summed E-state index contributed by atoms with van der Waals surface area (Å²) < 4.78 is 22.3. The van der Waals surface area contributed by atoms with Gasteiger partial charge in [-0.25, -0.2) is 9.59 Å². The van der Waals surface area contributed by atoms with E-state index in [1.54, 1.807) is 38.1 Å². The van der Waals surface area contributed by atoms with E-state index < -0.39 is 18.2 Å². The van der Waals surface area contributed by atoms with E-state index in [2.05, 4.69) is 37.4 Å². The molecule has 0 bridgehead atoms. The van der Waals surface area contributed by atoms with Gasteiger partial charge in [-0.2, -0.15) is 0 Å². The molecule has 0 saturated carbocycles. The lowest BCUT2D eigenvalue weighted by Crippen LogP contribution is -2.19. The standard InChI is InChI=1S/C25H22O4.C10H10O3/c1-16(2)25(26)29-19-14-12-18(13-15-19)27-17(3)28-24-22-10-6-4-8-20(22)21-9-5-7-11-23(21)24;1-7(2)10(12)13-9-5-3-8(11)4-6-9/h4-15,17,24H,1H2,2-3H3;3-6,11H,1H2,2H3. The Hall–Kier alpha value is -5.14. The van der Waals surface area contributed by atoms with Crippen molar-refractivity contribution in [3.05, 3.63) is 132 Å². The lowest BCUT2D eigenvalue weighted by molar-refractivity contribution is -0.130.